The number of sulfonamides is 1. The van der Waals surface area contributed by atoms with Crippen LogP contribution in [0.4, 0.5) is 0 Å². The van der Waals surface area contributed by atoms with Crippen molar-refractivity contribution in [1.82, 2.24) is 9.71 Å². The number of hydrogen-bond donors (Lipinski definition) is 2. The molecule has 0 fully saturated rings. The van der Waals surface area contributed by atoms with E-state index in [-0.39, 0.29) is 10.9 Å². The minimum Gasteiger partial charge on any atom is -0.361 e. The van der Waals surface area contributed by atoms with Crippen LogP contribution in [0.5, 0.6) is 0 Å². The highest BCUT2D eigenvalue weighted by Crippen LogP contribution is 2.26. The molecule has 1 atom stereocenters. The molecule has 4 nitrogen and oxygen atoms in total. The van der Waals surface area contributed by atoms with Gasteiger partial charge in [0.1, 0.15) is 0 Å². The quantitative estimate of drug-likeness (QED) is 0.500. The molecule has 5 heteroatoms. The molecule has 0 amide bonds. The maximum absolute atomic E-state index is 13.0. The summed E-state index contributed by atoms with van der Waals surface area (Å²) in [5.74, 6) is 0. The fraction of sp³-hybridized carbons (Fsp3) is 0.130. The number of para-hydroxylation sites is 1. The Morgan fingerprint density at radius 2 is 1.57 bits per heavy atom. The number of fused-ring (bicyclic) bond motifs is 1. The summed E-state index contributed by atoms with van der Waals surface area (Å²) >= 11 is 0. The molecule has 0 aliphatic heterocycles. The fourth-order valence-corrected chi connectivity index (χ4v) is 4.63. The Kier molecular flexibility index (Phi) is 5.03. The van der Waals surface area contributed by atoms with E-state index in [9.17, 15) is 8.42 Å². The van der Waals surface area contributed by atoms with E-state index in [2.05, 4.69) is 15.8 Å². The first-order valence-electron chi connectivity index (χ1n) is 9.22. The van der Waals surface area contributed by atoms with Crippen LogP contribution in [-0.4, -0.2) is 13.4 Å². The summed E-state index contributed by atoms with van der Waals surface area (Å²) in [4.78, 5) is 3.54. The summed E-state index contributed by atoms with van der Waals surface area (Å²) in [6.45, 7) is 1.94. The van der Waals surface area contributed by atoms with Crippen LogP contribution in [-0.2, 0) is 16.4 Å². The van der Waals surface area contributed by atoms with Gasteiger partial charge in [0.2, 0.25) is 10.0 Å². The summed E-state index contributed by atoms with van der Waals surface area (Å²) < 4.78 is 28.9. The van der Waals surface area contributed by atoms with Crippen molar-refractivity contribution in [3.05, 3.63) is 102 Å². The Hall–Kier alpha value is -2.89. The van der Waals surface area contributed by atoms with Gasteiger partial charge in [-0.1, -0.05) is 66.2 Å². The van der Waals surface area contributed by atoms with E-state index in [1.54, 1.807) is 12.1 Å². The topological polar surface area (TPSA) is 62.0 Å². The Morgan fingerprint density at radius 1 is 0.893 bits per heavy atom. The van der Waals surface area contributed by atoms with Crippen molar-refractivity contribution in [2.24, 2.45) is 0 Å². The molecule has 0 bridgehead atoms. The fourth-order valence-electron chi connectivity index (χ4n) is 3.41. The third-order valence-corrected chi connectivity index (χ3v) is 6.42. The lowest BCUT2D eigenvalue weighted by Gasteiger charge is -2.19. The molecule has 1 heterocycles. The highest BCUT2D eigenvalue weighted by atomic mass is 32.2. The van der Waals surface area contributed by atoms with Gasteiger partial charge in [-0.2, -0.15) is 0 Å². The van der Waals surface area contributed by atoms with E-state index in [4.69, 9.17) is 0 Å². The standard InChI is InChI=1S/C23H22N2O2S/c1-17-11-13-20(14-12-17)28(26,27)25-23(18-7-3-2-4-8-18)15-19-16-24-22-10-6-5-9-21(19)22/h2-14,16,23-25H,15H2,1H3/t23-/m0/s1. The van der Waals surface area contributed by atoms with Crippen LogP contribution < -0.4 is 4.72 Å². The smallest absolute Gasteiger partial charge is 0.241 e. The molecule has 1 aromatic heterocycles. The number of H-pyrrole nitrogens is 1. The van der Waals surface area contributed by atoms with Crippen molar-refractivity contribution in [2.45, 2.75) is 24.3 Å². The largest absolute Gasteiger partial charge is 0.361 e. The van der Waals surface area contributed by atoms with Crippen molar-refractivity contribution < 1.29 is 8.42 Å². The summed E-state index contributed by atoms with van der Waals surface area (Å²) in [7, 11) is -3.64. The van der Waals surface area contributed by atoms with Crippen molar-refractivity contribution >= 4 is 20.9 Å². The van der Waals surface area contributed by atoms with E-state index in [1.165, 1.54) is 0 Å². The van der Waals surface area contributed by atoms with Gasteiger partial charge in [0, 0.05) is 17.1 Å². The van der Waals surface area contributed by atoms with E-state index in [1.807, 2.05) is 73.8 Å². The average molecular weight is 391 g/mol. The van der Waals surface area contributed by atoms with Gasteiger partial charge in [0.15, 0.2) is 0 Å². The number of nitrogens with one attached hydrogen (secondary N) is 2. The van der Waals surface area contributed by atoms with Gasteiger partial charge >= 0.3 is 0 Å². The van der Waals surface area contributed by atoms with Crippen LogP contribution in [0.25, 0.3) is 10.9 Å². The molecule has 28 heavy (non-hydrogen) atoms. The number of hydrogen-bond acceptors (Lipinski definition) is 2. The van der Waals surface area contributed by atoms with Crippen molar-refractivity contribution in [2.75, 3.05) is 0 Å². The molecule has 0 spiro atoms. The molecule has 4 rings (SSSR count). The number of aromatic amines is 1. The van der Waals surface area contributed by atoms with Crippen LogP contribution in [0.2, 0.25) is 0 Å². The molecule has 0 saturated heterocycles. The summed E-state index contributed by atoms with van der Waals surface area (Å²) in [5.41, 5.74) is 4.09. The van der Waals surface area contributed by atoms with E-state index in [0.717, 1.165) is 27.6 Å². The van der Waals surface area contributed by atoms with Gasteiger partial charge < -0.3 is 4.98 Å². The maximum Gasteiger partial charge on any atom is 0.241 e. The van der Waals surface area contributed by atoms with E-state index >= 15 is 0 Å². The number of aromatic nitrogens is 1. The highest BCUT2D eigenvalue weighted by Gasteiger charge is 2.22. The molecule has 0 unspecified atom stereocenters. The summed E-state index contributed by atoms with van der Waals surface area (Å²) in [6, 6.07) is 24.3. The lowest BCUT2D eigenvalue weighted by Crippen LogP contribution is -2.30. The van der Waals surface area contributed by atoms with Gasteiger partial charge in [0.05, 0.1) is 10.9 Å². The van der Waals surface area contributed by atoms with E-state index in [0.29, 0.717) is 6.42 Å². The minimum absolute atomic E-state index is 0.276. The Bertz CT molecular complexity index is 1180. The number of benzene rings is 3. The van der Waals surface area contributed by atoms with E-state index < -0.39 is 10.0 Å². The second kappa shape index (κ2) is 7.62. The molecule has 142 valence electrons. The second-order valence-corrected chi connectivity index (χ2v) is 8.68. The monoisotopic (exact) mass is 390 g/mol. The van der Waals surface area contributed by atoms with Crippen LogP contribution in [0.1, 0.15) is 22.7 Å². The Balaban J connectivity index is 1.69. The molecular weight excluding hydrogens is 368 g/mol. The zero-order valence-electron chi connectivity index (χ0n) is 15.6. The normalized spacial score (nSPS) is 12.9. The zero-order chi connectivity index (χ0) is 19.6. The lowest BCUT2D eigenvalue weighted by molar-refractivity contribution is 0.555. The molecule has 0 saturated carbocycles. The molecule has 2 N–H and O–H groups in total. The van der Waals surface area contributed by atoms with Crippen molar-refractivity contribution in [1.29, 1.82) is 0 Å². The molecule has 0 aliphatic carbocycles. The zero-order valence-corrected chi connectivity index (χ0v) is 16.4. The SMILES string of the molecule is Cc1ccc(S(=O)(=O)N[C@@H](Cc2c[nH]c3ccccc23)c2ccccc2)cc1. The summed E-state index contributed by atoms with van der Waals surface area (Å²) in [6.07, 6.45) is 2.51. The Labute approximate surface area is 165 Å². The predicted molar refractivity (Wildman–Crippen MR) is 113 cm³/mol. The first kappa shape index (κ1) is 18.5. The highest BCUT2D eigenvalue weighted by molar-refractivity contribution is 7.89. The molecule has 3 aromatic carbocycles. The minimum atomic E-state index is -3.64. The van der Waals surface area contributed by atoms with Crippen LogP contribution in [0, 0.1) is 6.92 Å². The van der Waals surface area contributed by atoms with Gasteiger partial charge in [-0.05, 0) is 42.7 Å². The third-order valence-electron chi connectivity index (χ3n) is 4.93. The lowest BCUT2D eigenvalue weighted by atomic mass is 9.99. The molecule has 0 radical (unpaired) electrons. The van der Waals surface area contributed by atoms with Gasteiger partial charge in [-0.25, -0.2) is 13.1 Å². The average Bonchev–Trinajstić information content (AvgIpc) is 3.11. The first-order valence-corrected chi connectivity index (χ1v) is 10.7. The predicted octanol–water partition coefficient (Wildman–Crippen LogP) is 4.74. The van der Waals surface area contributed by atoms with Gasteiger partial charge in [-0.15, -0.1) is 0 Å². The van der Waals surface area contributed by atoms with Crippen LogP contribution in [0.15, 0.2) is 90.0 Å². The number of rotatable bonds is 6. The summed E-state index contributed by atoms with van der Waals surface area (Å²) in [5, 5.41) is 1.11. The third kappa shape index (κ3) is 3.86. The first-order chi connectivity index (χ1) is 13.5. The Morgan fingerprint density at radius 3 is 2.32 bits per heavy atom. The van der Waals surface area contributed by atoms with Crippen LogP contribution in [0.3, 0.4) is 0 Å². The molecule has 4 aromatic rings. The molecular formula is C23H22N2O2S. The second-order valence-electron chi connectivity index (χ2n) is 6.96. The van der Waals surface area contributed by atoms with Gasteiger partial charge in [0.25, 0.3) is 0 Å². The molecule has 0 aliphatic rings. The van der Waals surface area contributed by atoms with Crippen molar-refractivity contribution in [3.8, 4) is 0 Å². The van der Waals surface area contributed by atoms with Gasteiger partial charge in [-0.3, -0.25) is 0 Å². The number of aryl methyl sites for hydroxylation is 1. The van der Waals surface area contributed by atoms with Crippen molar-refractivity contribution in [3.63, 3.8) is 0 Å². The van der Waals surface area contributed by atoms with Crippen LogP contribution >= 0.6 is 0 Å². The maximum atomic E-state index is 13.0.